The lowest BCUT2D eigenvalue weighted by Gasteiger charge is -2.18. The quantitative estimate of drug-likeness (QED) is 0.801. The van der Waals surface area contributed by atoms with Gasteiger partial charge in [-0.3, -0.25) is 0 Å². The minimum Gasteiger partial charge on any atom is -0.486 e. The molecule has 2 heterocycles. The summed E-state index contributed by atoms with van der Waals surface area (Å²) < 4.78 is 16.6. The molecule has 2 aromatic rings. The SMILES string of the molecule is ClCCc1ncc(-c2ccc3c(c2)OCCO3)o1. The standard InChI is InChI=1S/C13H12ClNO3/c14-4-3-13-15-8-12(18-13)9-1-2-10-11(7-9)17-6-5-16-10/h1-2,7-8H,3-6H2. The average molecular weight is 266 g/mol. The van der Waals surface area contributed by atoms with Gasteiger partial charge in [0.25, 0.3) is 0 Å². The molecular formula is C13H12ClNO3. The van der Waals surface area contributed by atoms with E-state index in [-0.39, 0.29) is 0 Å². The van der Waals surface area contributed by atoms with E-state index in [4.69, 9.17) is 25.5 Å². The first-order valence-corrected chi connectivity index (χ1v) is 6.31. The lowest BCUT2D eigenvalue weighted by atomic mass is 10.1. The Morgan fingerprint density at radius 2 is 2.00 bits per heavy atom. The maximum Gasteiger partial charge on any atom is 0.196 e. The molecule has 94 valence electrons. The molecule has 0 saturated heterocycles. The maximum absolute atomic E-state index is 5.65. The van der Waals surface area contributed by atoms with Crippen molar-refractivity contribution in [1.82, 2.24) is 4.98 Å². The third kappa shape index (κ3) is 2.16. The Balaban J connectivity index is 1.91. The second-order valence-electron chi connectivity index (χ2n) is 3.92. The van der Waals surface area contributed by atoms with Crippen LogP contribution in [0.25, 0.3) is 11.3 Å². The highest BCUT2D eigenvalue weighted by Gasteiger charge is 2.14. The zero-order chi connectivity index (χ0) is 12.4. The van der Waals surface area contributed by atoms with Gasteiger partial charge < -0.3 is 13.9 Å². The largest absolute Gasteiger partial charge is 0.486 e. The molecule has 1 aliphatic rings. The van der Waals surface area contributed by atoms with Crippen LogP contribution in [-0.2, 0) is 6.42 Å². The smallest absolute Gasteiger partial charge is 0.196 e. The van der Waals surface area contributed by atoms with Crippen LogP contribution < -0.4 is 9.47 Å². The molecule has 0 radical (unpaired) electrons. The van der Waals surface area contributed by atoms with Crippen molar-refractivity contribution in [2.24, 2.45) is 0 Å². The maximum atomic E-state index is 5.65. The first kappa shape index (κ1) is 11.4. The molecule has 0 N–H and O–H groups in total. The normalized spacial score (nSPS) is 13.6. The van der Waals surface area contributed by atoms with Gasteiger partial charge in [-0.15, -0.1) is 11.6 Å². The van der Waals surface area contributed by atoms with E-state index >= 15 is 0 Å². The number of ether oxygens (including phenoxy) is 2. The molecule has 0 fully saturated rings. The molecule has 0 aliphatic carbocycles. The van der Waals surface area contributed by atoms with E-state index in [1.54, 1.807) is 6.20 Å². The van der Waals surface area contributed by atoms with Crippen molar-refractivity contribution in [3.63, 3.8) is 0 Å². The van der Waals surface area contributed by atoms with Gasteiger partial charge in [-0.2, -0.15) is 0 Å². The van der Waals surface area contributed by atoms with E-state index < -0.39 is 0 Å². The Bertz CT molecular complexity index is 553. The molecule has 0 atom stereocenters. The van der Waals surface area contributed by atoms with Crippen LogP contribution in [0.15, 0.2) is 28.8 Å². The van der Waals surface area contributed by atoms with Crippen molar-refractivity contribution in [3.05, 3.63) is 30.3 Å². The number of fused-ring (bicyclic) bond motifs is 1. The predicted molar refractivity (Wildman–Crippen MR) is 67.4 cm³/mol. The number of oxazole rings is 1. The monoisotopic (exact) mass is 265 g/mol. The molecule has 1 aromatic heterocycles. The van der Waals surface area contributed by atoms with E-state index in [2.05, 4.69) is 4.98 Å². The number of aryl methyl sites for hydroxylation is 1. The van der Waals surface area contributed by atoms with Crippen LogP contribution in [0.1, 0.15) is 5.89 Å². The summed E-state index contributed by atoms with van der Waals surface area (Å²) in [5, 5.41) is 0. The highest BCUT2D eigenvalue weighted by molar-refractivity contribution is 6.17. The summed E-state index contributed by atoms with van der Waals surface area (Å²) in [7, 11) is 0. The van der Waals surface area contributed by atoms with Crippen LogP contribution in [0.3, 0.4) is 0 Å². The minimum atomic E-state index is 0.501. The molecule has 3 rings (SSSR count). The topological polar surface area (TPSA) is 44.5 Å². The number of alkyl halides is 1. The molecule has 18 heavy (non-hydrogen) atoms. The summed E-state index contributed by atoms with van der Waals surface area (Å²) in [5.41, 5.74) is 0.924. The van der Waals surface area contributed by atoms with Crippen molar-refractivity contribution in [2.75, 3.05) is 19.1 Å². The van der Waals surface area contributed by atoms with E-state index in [0.29, 0.717) is 37.2 Å². The van der Waals surface area contributed by atoms with Crippen molar-refractivity contribution >= 4 is 11.6 Å². The number of hydrogen-bond donors (Lipinski definition) is 0. The first-order chi connectivity index (χ1) is 8.86. The molecule has 0 saturated carbocycles. The molecule has 0 spiro atoms. The summed E-state index contributed by atoms with van der Waals surface area (Å²) in [6.07, 6.45) is 2.33. The van der Waals surface area contributed by atoms with Gasteiger partial charge in [0.15, 0.2) is 23.1 Å². The summed E-state index contributed by atoms with van der Waals surface area (Å²) >= 11 is 5.65. The third-order valence-electron chi connectivity index (χ3n) is 2.69. The predicted octanol–water partition coefficient (Wildman–Crippen LogP) is 2.89. The molecule has 0 amide bonds. The van der Waals surface area contributed by atoms with Crippen LogP contribution >= 0.6 is 11.6 Å². The number of hydrogen-bond acceptors (Lipinski definition) is 4. The number of nitrogens with zero attached hydrogens (tertiary/aromatic N) is 1. The summed E-state index contributed by atoms with van der Waals surface area (Å²) in [5.74, 6) is 3.38. The van der Waals surface area contributed by atoms with E-state index in [1.165, 1.54) is 0 Å². The Labute approximate surface area is 109 Å². The molecular weight excluding hydrogens is 254 g/mol. The van der Waals surface area contributed by atoms with Gasteiger partial charge in [0.05, 0.1) is 6.20 Å². The molecule has 0 bridgehead atoms. The van der Waals surface area contributed by atoms with Crippen LogP contribution in [-0.4, -0.2) is 24.1 Å². The number of aromatic nitrogens is 1. The zero-order valence-corrected chi connectivity index (χ0v) is 10.4. The van der Waals surface area contributed by atoms with Gasteiger partial charge in [0, 0.05) is 17.9 Å². The van der Waals surface area contributed by atoms with Crippen LogP contribution in [0, 0.1) is 0 Å². The highest BCUT2D eigenvalue weighted by Crippen LogP contribution is 2.34. The Hall–Kier alpha value is -1.68. The van der Waals surface area contributed by atoms with E-state index in [0.717, 1.165) is 17.1 Å². The molecule has 4 nitrogen and oxygen atoms in total. The second kappa shape index (κ2) is 4.90. The first-order valence-electron chi connectivity index (χ1n) is 5.77. The molecule has 1 aliphatic heterocycles. The van der Waals surface area contributed by atoms with Crippen molar-refractivity contribution in [3.8, 4) is 22.8 Å². The van der Waals surface area contributed by atoms with Gasteiger partial charge in [-0.05, 0) is 18.2 Å². The lowest BCUT2D eigenvalue weighted by molar-refractivity contribution is 0.171. The van der Waals surface area contributed by atoms with Gasteiger partial charge in [0.2, 0.25) is 0 Å². The van der Waals surface area contributed by atoms with Gasteiger partial charge in [-0.1, -0.05) is 0 Å². The zero-order valence-electron chi connectivity index (χ0n) is 9.69. The minimum absolute atomic E-state index is 0.501. The highest BCUT2D eigenvalue weighted by atomic mass is 35.5. The summed E-state index contributed by atoms with van der Waals surface area (Å²) in [6, 6.07) is 5.71. The molecule has 0 unspecified atom stereocenters. The fraction of sp³-hybridized carbons (Fsp3) is 0.308. The van der Waals surface area contributed by atoms with E-state index in [9.17, 15) is 0 Å². The average Bonchev–Trinajstić information content (AvgIpc) is 2.87. The number of benzene rings is 1. The van der Waals surface area contributed by atoms with Crippen molar-refractivity contribution in [2.45, 2.75) is 6.42 Å². The molecule has 1 aromatic carbocycles. The summed E-state index contributed by atoms with van der Waals surface area (Å²) in [6.45, 7) is 1.17. The van der Waals surface area contributed by atoms with Gasteiger partial charge in [0.1, 0.15) is 13.2 Å². The van der Waals surface area contributed by atoms with Crippen LogP contribution in [0.4, 0.5) is 0 Å². The van der Waals surface area contributed by atoms with Crippen molar-refractivity contribution in [1.29, 1.82) is 0 Å². The fourth-order valence-electron chi connectivity index (χ4n) is 1.84. The van der Waals surface area contributed by atoms with Crippen molar-refractivity contribution < 1.29 is 13.9 Å². The lowest BCUT2D eigenvalue weighted by Crippen LogP contribution is -2.15. The second-order valence-corrected chi connectivity index (χ2v) is 4.29. The number of halogens is 1. The Morgan fingerprint density at radius 3 is 2.83 bits per heavy atom. The number of rotatable bonds is 3. The summed E-state index contributed by atoms with van der Waals surface area (Å²) in [4.78, 5) is 4.17. The fourth-order valence-corrected chi connectivity index (χ4v) is 2.00. The Morgan fingerprint density at radius 1 is 1.17 bits per heavy atom. The van der Waals surface area contributed by atoms with Gasteiger partial charge >= 0.3 is 0 Å². The Kier molecular flexibility index (Phi) is 3.11. The van der Waals surface area contributed by atoms with Crippen LogP contribution in [0.2, 0.25) is 0 Å². The van der Waals surface area contributed by atoms with Gasteiger partial charge in [-0.25, -0.2) is 4.98 Å². The third-order valence-corrected chi connectivity index (χ3v) is 2.88. The van der Waals surface area contributed by atoms with E-state index in [1.807, 2.05) is 18.2 Å². The molecule has 5 heteroatoms. The van der Waals surface area contributed by atoms with Crippen LogP contribution in [0.5, 0.6) is 11.5 Å².